The van der Waals surface area contributed by atoms with E-state index in [4.69, 9.17) is 0 Å². The van der Waals surface area contributed by atoms with E-state index >= 15 is 0 Å². The summed E-state index contributed by atoms with van der Waals surface area (Å²) in [4.78, 5) is 0. The van der Waals surface area contributed by atoms with Crippen molar-refractivity contribution in [1.82, 2.24) is 5.32 Å². The normalized spacial score (nSPS) is 32.4. The molecule has 0 saturated carbocycles. The zero-order valence-corrected chi connectivity index (χ0v) is 10.8. The Morgan fingerprint density at radius 2 is 2.18 bits per heavy atom. The van der Waals surface area contributed by atoms with E-state index in [-0.39, 0.29) is 0 Å². The number of hydrogen-bond acceptors (Lipinski definition) is 1. The summed E-state index contributed by atoms with van der Waals surface area (Å²) in [6, 6.07) is 9.09. The van der Waals surface area contributed by atoms with Crippen molar-refractivity contribution in [2.45, 2.75) is 56.9 Å². The van der Waals surface area contributed by atoms with E-state index in [2.05, 4.69) is 36.5 Å². The van der Waals surface area contributed by atoms with Gasteiger partial charge in [-0.15, -0.1) is 0 Å². The summed E-state index contributed by atoms with van der Waals surface area (Å²) in [5.41, 5.74) is 3.63. The van der Waals surface area contributed by atoms with Crippen molar-refractivity contribution in [3.63, 3.8) is 0 Å². The molecular weight excluding hydrogens is 206 g/mol. The van der Waals surface area contributed by atoms with Gasteiger partial charge in [0.15, 0.2) is 0 Å². The summed E-state index contributed by atoms with van der Waals surface area (Å²) in [6.07, 6.45) is 8.07. The highest BCUT2D eigenvalue weighted by Crippen LogP contribution is 2.39. The van der Waals surface area contributed by atoms with E-state index < -0.39 is 0 Å². The van der Waals surface area contributed by atoms with Crippen LogP contribution in [-0.2, 0) is 6.42 Å². The maximum Gasteiger partial charge on any atom is 0.0159 e. The highest BCUT2D eigenvalue weighted by Gasteiger charge is 2.32. The number of rotatable bonds is 2. The fraction of sp³-hybridized carbons (Fsp3) is 0.625. The third-order valence-corrected chi connectivity index (χ3v) is 4.65. The molecule has 0 aromatic heterocycles. The SMILES string of the molecule is CC1(CC2CCCc3ccccc32)CCCN1. The van der Waals surface area contributed by atoms with Gasteiger partial charge in [0, 0.05) is 5.54 Å². The Balaban J connectivity index is 1.81. The Morgan fingerprint density at radius 3 is 3.00 bits per heavy atom. The zero-order valence-electron chi connectivity index (χ0n) is 10.8. The minimum absolute atomic E-state index is 0.398. The molecule has 3 rings (SSSR count). The summed E-state index contributed by atoms with van der Waals surface area (Å²) in [5.74, 6) is 0.788. The number of benzene rings is 1. The van der Waals surface area contributed by atoms with E-state index in [1.54, 1.807) is 11.1 Å². The van der Waals surface area contributed by atoms with E-state index in [0.29, 0.717) is 5.54 Å². The molecule has 1 aliphatic heterocycles. The third kappa shape index (κ3) is 2.26. The largest absolute Gasteiger partial charge is 0.311 e. The lowest BCUT2D eigenvalue weighted by Crippen LogP contribution is -2.38. The number of hydrogen-bond donors (Lipinski definition) is 1. The van der Waals surface area contributed by atoms with Crippen LogP contribution in [0, 0.1) is 0 Å². The van der Waals surface area contributed by atoms with E-state index in [1.807, 2.05) is 0 Å². The van der Waals surface area contributed by atoms with Gasteiger partial charge in [-0.25, -0.2) is 0 Å². The smallest absolute Gasteiger partial charge is 0.0159 e. The highest BCUT2D eigenvalue weighted by molar-refractivity contribution is 5.33. The summed E-state index contributed by atoms with van der Waals surface area (Å²) < 4.78 is 0. The monoisotopic (exact) mass is 229 g/mol. The molecule has 1 aliphatic carbocycles. The minimum Gasteiger partial charge on any atom is -0.311 e. The van der Waals surface area contributed by atoms with Crippen molar-refractivity contribution in [3.05, 3.63) is 35.4 Å². The van der Waals surface area contributed by atoms with Crippen LogP contribution in [0.15, 0.2) is 24.3 Å². The fourth-order valence-electron chi connectivity index (χ4n) is 3.74. The maximum absolute atomic E-state index is 3.71. The van der Waals surface area contributed by atoms with Crippen LogP contribution >= 0.6 is 0 Å². The van der Waals surface area contributed by atoms with Gasteiger partial charge in [0.2, 0.25) is 0 Å². The van der Waals surface area contributed by atoms with Crippen molar-refractivity contribution in [3.8, 4) is 0 Å². The van der Waals surface area contributed by atoms with Gasteiger partial charge in [-0.05, 0) is 69.0 Å². The third-order valence-electron chi connectivity index (χ3n) is 4.65. The molecule has 0 amide bonds. The van der Waals surface area contributed by atoms with Crippen molar-refractivity contribution in [2.24, 2.45) is 0 Å². The number of fused-ring (bicyclic) bond motifs is 1. The molecule has 0 radical (unpaired) electrons. The molecular formula is C16H23N. The van der Waals surface area contributed by atoms with Gasteiger partial charge >= 0.3 is 0 Å². The highest BCUT2D eigenvalue weighted by atomic mass is 15.0. The molecule has 92 valence electrons. The van der Waals surface area contributed by atoms with Crippen molar-refractivity contribution < 1.29 is 0 Å². The van der Waals surface area contributed by atoms with Crippen LogP contribution in [0.25, 0.3) is 0 Å². The van der Waals surface area contributed by atoms with Gasteiger partial charge in [-0.1, -0.05) is 24.3 Å². The molecule has 1 heterocycles. The van der Waals surface area contributed by atoms with Gasteiger partial charge in [-0.2, -0.15) is 0 Å². The second-order valence-electron chi connectivity index (χ2n) is 6.08. The summed E-state index contributed by atoms with van der Waals surface area (Å²) in [7, 11) is 0. The first kappa shape index (κ1) is 11.3. The molecule has 1 saturated heterocycles. The average molecular weight is 229 g/mol. The Kier molecular flexibility index (Phi) is 2.96. The minimum atomic E-state index is 0.398. The van der Waals surface area contributed by atoms with E-state index in [1.165, 1.54) is 45.1 Å². The topological polar surface area (TPSA) is 12.0 Å². The van der Waals surface area contributed by atoms with Crippen LogP contribution in [0.1, 0.15) is 56.1 Å². The molecule has 2 atom stereocenters. The van der Waals surface area contributed by atoms with Crippen molar-refractivity contribution in [2.75, 3.05) is 6.54 Å². The zero-order chi connectivity index (χ0) is 11.7. The first-order valence-corrected chi connectivity index (χ1v) is 7.10. The molecule has 1 nitrogen and oxygen atoms in total. The standard InChI is InChI=1S/C16H23N/c1-16(10-5-11-17-16)12-14-8-4-7-13-6-2-3-9-15(13)14/h2-3,6,9,14,17H,4-5,7-8,10-12H2,1H3. The summed E-state index contributed by atoms with van der Waals surface area (Å²) >= 11 is 0. The Hall–Kier alpha value is -0.820. The first-order chi connectivity index (χ1) is 8.27. The van der Waals surface area contributed by atoms with Crippen LogP contribution in [0.5, 0.6) is 0 Å². The molecule has 17 heavy (non-hydrogen) atoms. The van der Waals surface area contributed by atoms with Gasteiger partial charge in [-0.3, -0.25) is 0 Å². The van der Waals surface area contributed by atoms with Crippen LogP contribution in [0.4, 0.5) is 0 Å². The van der Waals surface area contributed by atoms with Crippen molar-refractivity contribution in [1.29, 1.82) is 0 Å². The van der Waals surface area contributed by atoms with Crippen molar-refractivity contribution >= 4 is 0 Å². The Bertz CT molecular complexity index is 390. The average Bonchev–Trinajstić information content (AvgIpc) is 2.76. The van der Waals surface area contributed by atoms with Crippen LogP contribution in [0.2, 0.25) is 0 Å². The lowest BCUT2D eigenvalue weighted by atomic mass is 9.76. The molecule has 0 spiro atoms. The molecule has 0 bridgehead atoms. The van der Waals surface area contributed by atoms with Crippen LogP contribution in [0.3, 0.4) is 0 Å². The van der Waals surface area contributed by atoms with E-state index in [9.17, 15) is 0 Å². The number of aryl methyl sites for hydroxylation is 1. The second-order valence-corrected chi connectivity index (χ2v) is 6.08. The lowest BCUT2D eigenvalue weighted by Gasteiger charge is -2.33. The fourth-order valence-corrected chi connectivity index (χ4v) is 3.74. The predicted octanol–water partition coefficient (Wildman–Crippen LogP) is 3.64. The van der Waals surface area contributed by atoms with Gasteiger partial charge < -0.3 is 5.32 Å². The van der Waals surface area contributed by atoms with E-state index in [0.717, 1.165) is 5.92 Å². The quantitative estimate of drug-likeness (QED) is 0.816. The van der Waals surface area contributed by atoms with Crippen LogP contribution < -0.4 is 5.32 Å². The Morgan fingerprint density at radius 1 is 1.29 bits per heavy atom. The van der Waals surface area contributed by atoms with Crippen LogP contribution in [-0.4, -0.2) is 12.1 Å². The second kappa shape index (κ2) is 4.45. The summed E-state index contributed by atoms with van der Waals surface area (Å²) in [5, 5.41) is 3.71. The van der Waals surface area contributed by atoms with Gasteiger partial charge in [0.1, 0.15) is 0 Å². The predicted molar refractivity (Wildman–Crippen MR) is 72.4 cm³/mol. The molecule has 1 aromatic carbocycles. The maximum atomic E-state index is 3.71. The molecule has 2 unspecified atom stereocenters. The van der Waals surface area contributed by atoms with Gasteiger partial charge in [0.05, 0.1) is 0 Å². The lowest BCUT2D eigenvalue weighted by molar-refractivity contribution is 0.333. The molecule has 1 aromatic rings. The summed E-state index contributed by atoms with van der Waals surface area (Å²) in [6.45, 7) is 3.63. The molecule has 1 fully saturated rings. The Labute approximate surface area is 105 Å². The number of nitrogens with one attached hydrogen (secondary N) is 1. The molecule has 1 N–H and O–H groups in total. The molecule has 2 aliphatic rings. The van der Waals surface area contributed by atoms with Gasteiger partial charge in [0.25, 0.3) is 0 Å². The molecule has 1 heteroatoms. The first-order valence-electron chi connectivity index (χ1n) is 7.10.